The number of ether oxygens (including phenoxy) is 1. The molecule has 0 radical (unpaired) electrons. The van der Waals surface area contributed by atoms with Gasteiger partial charge in [0.15, 0.2) is 0 Å². The summed E-state index contributed by atoms with van der Waals surface area (Å²) in [6, 6.07) is 4.13. The summed E-state index contributed by atoms with van der Waals surface area (Å²) in [5.74, 6) is 0.943. The summed E-state index contributed by atoms with van der Waals surface area (Å²) in [6.07, 6.45) is 3.78. The van der Waals surface area contributed by atoms with Crippen LogP contribution in [0.3, 0.4) is 0 Å². The van der Waals surface area contributed by atoms with Gasteiger partial charge in [0, 0.05) is 34.2 Å². The van der Waals surface area contributed by atoms with Crippen LogP contribution in [0.4, 0.5) is 0 Å². The molecule has 3 nitrogen and oxygen atoms in total. The van der Waals surface area contributed by atoms with Crippen LogP contribution in [0.25, 0.3) is 0 Å². The quantitative estimate of drug-likeness (QED) is 0.758. The van der Waals surface area contributed by atoms with E-state index in [0.717, 1.165) is 32.2 Å². The van der Waals surface area contributed by atoms with Gasteiger partial charge in [0.25, 0.3) is 0 Å². The first-order valence-corrected chi connectivity index (χ1v) is 7.47. The maximum absolute atomic E-state index is 5.91. The van der Waals surface area contributed by atoms with Gasteiger partial charge >= 0.3 is 0 Å². The maximum atomic E-state index is 5.91. The molecule has 0 aliphatic carbocycles. The lowest BCUT2D eigenvalue weighted by Gasteiger charge is -2.13. The topological polar surface area (TPSA) is 27.1 Å². The molecule has 0 saturated carbocycles. The van der Waals surface area contributed by atoms with Crippen molar-refractivity contribution >= 4 is 31.9 Å². The summed E-state index contributed by atoms with van der Waals surface area (Å²) in [7, 11) is 1.90. The zero-order valence-corrected chi connectivity index (χ0v) is 13.5. The second-order valence-corrected chi connectivity index (χ2v) is 5.63. The van der Waals surface area contributed by atoms with Gasteiger partial charge in [0.2, 0.25) is 0 Å². The zero-order valence-electron chi connectivity index (χ0n) is 10.3. The average molecular weight is 374 g/mol. The molecule has 2 aromatic rings. The van der Waals surface area contributed by atoms with Crippen molar-refractivity contribution in [2.75, 3.05) is 0 Å². The molecule has 96 valence electrons. The van der Waals surface area contributed by atoms with Crippen molar-refractivity contribution in [3.8, 4) is 5.75 Å². The number of aryl methyl sites for hydroxylation is 2. The summed E-state index contributed by atoms with van der Waals surface area (Å²) in [4.78, 5) is 0. The van der Waals surface area contributed by atoms with Gasteiger partial charge in [-0.3, -0.25) is 4.68 Å². The molecule has 0 bridgehead atoms. The third kappa shape index (κ3) is 3.14. The largest absolute Gasteiger partial charge is 0.488 e. The molecule has 0 aliphatic rings. The Kier molecular flexibility index (Phi) is 4.45. The number of hydrogen-bond acceptors (Lipinski definition) is 2. The molecule has 5 heteroatoms. The van der Waals surface area contributed by atoms with Gasteiger partial charge in [-0.05, 0) is 24.6 Å². The predicted molar refractivity (Wildman–Crippen MR) is 79.1 cm³/mol. The normalized spacial score (nSPS) is 10.7. The Labute approximate surface area is 123 Å². The smallest absolute Gasteiger partial charge is 0.126 e. The van der Waals surface area contributed by atoms with Crippen molar-refractivity contribution in [2.45, 2.75) is 18.9 Å². The van der Waals surface area contributed by atoms with Gasteiger partial charge < -0.3 is 4.74 Å². The SMILES string of the molecule is Cc1cc(Br)cc(CBr)c1OCc1cnn(C)c1. The predicted octanol–water partition coefficient (Wildman–Crippen LogP) is 3.96. The standard InChI is InChI=1S/C13H14Br2N2O/c1-9-3-12(15)4-11(5-14)13(9)18-8-10-6-16-17(2)7-10/h3-4,6-7H,5,8H2,1-2H3. The second-order valence-electron chi connectivity index (χ2n) is 4.16. The molecule has 0 unspecified atom stereocenters. The summed E-state index contributed by atoms with van der Waals surface area (Å²) >= 11 is 6.99. The highest BCUT2D eigenvalue weighted by molar-refractivity contribution is 9.10. The van der Waals surface area contributed by atoms with Crippen LogP contribution in [0.1, 0.15) is 16.7 Å². The zero-order chi connectivity index (χ0) is 13.1. The highest BCUT2D eigenvalue weighted by Gasteiger charge is 2.09. The van der Waals surface area contributed by atoms with Gasteiger partial charge in [0.1, 0.15) is 12.4 Å². The van der Waals surface area contributed by atoms with Crippen LogP contribution < -0.4 is 4.74 Å². The Bertz CT molecular complexity index is 552. The fraction of sp³-hybridized carbons (Fsp3) is 0.308. The van der Waals surface area contributed by atoms with Crippen LogP contribution in [0, 0.1) is 6.92 Å². The second kappa shape index (κ2) is 5.89. The van der Waals surface area contributed by atoms with Crippen molar-refractivity contribution in [2.24, 2.45) is 7.05 Å². The first-order valence-electron chi connectivity index (χ1n) is 5.55. The van der Waals surface area contributed by atoms with Gasteiger partial charge in [-0.25, -0.2) is 0 Å². The fourth-order valence-corrected chi connectivity index (χ4v) is 2.84. The van der Waals surface area contributed by atoms with Crippen molar-refractivity contribution in [3.63, 3.8) is 0 Å². The molecule has 1 aromatic heterocycles. The summed E-state index contributed by atoms with van der Waals surface area (Å²) in [6.45, 7) is 2.59. The minimum Gasteiger partial charge on any atom is -0.488 e. The molecule has 0 saturated heterocycles. The summed E-state index contributed by atoms with van der Waals surface area (Å²) < 4.78 is 8.76. The molecule has 0 N–H and O–H groups in total. The lowest BCUT2D eigenvalue weighted by atomic mass is 10.1. The van der Waals surface area contributed by atoms with E-state index in [2.05, 4.69) is 56.0 Å². The number of aromatic nitrogens is 2. The molecule has 2 rings (SSSR count). The molecule has 18 heavy (non-hydrogen) atoms. The molecule has 1 heterocycles. The lowest BCUT2D eigenvalue weighted by molar-refractivity contribution is 0.301. The first kappa shape index (κ1) is 13.6. The number of halogens is 2. The number of rotatable bonds is 4. The minimum atomic E-state index is 0.538. The average Bonchev–Trinajstić information content (AvgIpc) is 2.73. The van der Waals surface area contributed by atoms with Crippen LogP contribution in [0.15, 0.2) is 29.0 Å². The number of benzene rings is 1. The van der Waals surface area contributed by atoms with Gasteiger partial charge in [-0.1, -0.05) is 31.9 Å². The molecule has 1 aromatic carbocycles. The third-order valence-corrected chi connectivity index (χ3v) is 3.66. The Balaban J connectivity index is 2.18. The van der Waals surface area contributed by atoms with E-state index in [1.807, 2.05) is 19.4 Å². The van der Waals surface area contributed by atoms with E-state index in [0.29, 0.717) is 6.61 Å². The monoisotopic (exact) mass is 372 g/mol. The van der Waals surface area contributed by atoms with E-state index >= 15 is 0 Å². The molecular formula is C13H14Br2N2O. The molecular weight excluding hydrogens is 360 g/mol. The molecule has 0 fully saturated rings. The van der Waals surface area contributed by atoms with Gasteiger partial charge in [0.05, 0.1) is 6.20 Å². The number of alkyl halides is 1. The van der Waals surface area contributed by atoms with Gasteiger partial charge in [-0.2, -0.15) is 5.10 Å². The van der Waals surface area contributed by atoms with E-state index < -0.39 is 0 Å². The van der Waals surface area contributed by atoms with Crippen molar-refractivity contribution in [1.29, 1.82) is 0 Å². The molecule has 0 spiro atoms. The summed E-state index contributed by atoms with van der Waals surface area (Å²) in [5.41, 5.74) is 3.34. The van der Waals surface area contributed by atoms with Crippen molar-refractivity contribution < 1.29 is 4.74 Å². The molecule has 0 atom stereocenters. The highest BCUT2D eigenvalue weighted by Crippen LogP contribution is 2.30. The fourth-order valence-electron chi connectivity index (χ4n) is 1.81. The van der Waals surface area contributed by atoms with Crippen LogP contribution in [-0.4, -0.2) is 9.78 Å². The van der Waals surface area contributed by atoms with Crippen molar-refractivity contribution in [3.05, 3.63) is 45.7 Å². The number of hydrogen-bond donors (Lipinski definition) is 0. The first-order chi connectivity index (χ1) is 8.60. The third-order valence-electron chi connectivity index (χ3n) is 2.60. The van der Waals surface area contributed by atoms with E-state index in [4.69, 9.17) is 4.74 Å². The van der Waals surface area contributed by atoms with Crippen LogP contribution >= 0.6 is 31.9 Å². The van der Waals surface area contributed by atoms with E-state index in [9.17, 15) is 0 Å². The van der Waals surface area contributed by atoms with Crippen LogP contribution in [0.2, 0.25) is 0 Å². The Morgan fingerprint density at radius 1 is 1.39 bits per heavy atom. The Morgan fingerprint density at radius 3 is 2.78 bits per heavy atom. The maximum Gasteiger partial charge on any atom is 0.126 e. The number of nitrogens with zero attached hydrogens (tertiary/aromatic N) is 2. The Morgan fingerprint density at radius 2 is 2.17 bits per heavy atom. The van der Waals surface area contributed by atoms with Crippen LogP contribution in [0.5, 0.6) is 5.75 Å². The molecule has 0 aliphatic heterocycles. The molecule has 0 amide bonds. The summed E-state index contributed by atoms with van der Waals surface area (Å²) in [5, 5.41) is 4.90. The van der Waals surface area contributed by atoms with Crippen molar-refractivity contribution in [1.82, 2.24) is 9.78 Å². The Hall–Kier alpha value is -0.810. The van der Waals surface area contributed by atoms with E-state index in [1.165, 1.54) is 0 Å². The minimum absolute atomic E-state index is 0.538. The van der Waals surface area contributed by atoms with Gasteiger partial charge in [-0.15, -0.1) is 0 Å². The van der Waals surface area contributed by atoms with Crippen LogP contribution in [-0.2, 0) is 19.0 Å². The van der Waals surface area contributed by atoms with E-state index in [1.54, 1.807) is 4.68 Å². The lowest BCUT2D eigenvalue weighted by Crippen LogP contribution is -1.99. The van der Waals surface area contributed by atoms with E-state index in [-0.39, 0.29) is 0 Å². The highest BCUT2D eigenvalue weighted by atomic mass is 79.9.